The maximum absolute atomic E-state index is 11.5. The van der Waals surface area contributed by atoms with Crippen LogP contribution in [0.5, 0.6) is 0 Å². The van der Waals surface area contributed by atoms with E-state index in [1.54, 1.807) is 5.01 Å². The van der Waals surface area contributed by atoms with Crippen molar-refractivity contribution in [3.63, 3.8) is 0 Å². The summed E-state index contributed by atoms with van der Waals surface area (Å²) in [6, 6.07) is 0. The van der Waals surface area contributed by atoms with Gasteiger partial charge in [-0.05, 0) is 33.6 Å². The van der Waals surface area contributed by atoms with E-state index in [9.17, 15) is 4.79 Å². The zero-order valence-electron chi connectivity index (χ0n) is 9.12. The van der Waals surface area contributed by atoms with Crippen LogP contribution in [0.2, 0.25) is 0 Å². The molecule has 1 fully saturated rings. The van der Waals surface area contributed by atoms with E-state index in [-0.39, 0.29) is 0 Å². The Morgan fingerprint density at radius 2 is 1.86 bits per heavy atom. The van der Waals surface area contributed by atoms with Gasteiger partial charge in [-0.15, -0.1) is 0 Å². The van der Waals surface area contributed by atoms with Crippen LogP contribution in [0.25, 0.3) is 0 Å². The van der Waals surface area contributed by atoms with E-state index in [1.807, 2.05) is 20.8 Å². The van der Waals surface area contributed by atoms with Gasteiger partial charge in [0.2, 0.25) is 0 Å². The number of hydrazine groups is 2. The molecule has 5 heteroatoms. The van der Waals surface area contributed by atoms with Crippen molar-refractivity contribution in [3.05, 3.63) is 0 Å². The number of rotatable bonds is 1. The third-order valence-corrected chi connectivity index (χ3v) is 1.97. The summed E-state index contributed by atoms with van der Waals surface area (Å²) >= 11 is 0. The van der Waals surface area contributed by atoms with Crippen LogP contribution in [0.1, 0.15) is 33.6 Å². The molecule has 1 saturated heterocycles. The fourth-order valence-corrected chi connectivity index (χ4v) is 1.34. The molecule has 0 unspecified atom stereocenters. The fraction of sp³-hybridized carbons (Fsp3) is 0.889. The Bertz CT molecular complexity index is 207. The van der Waals surface area contributed by atoms with Gasteiger partial charge in [0.25, 0.3) is 0 Å². The first-order valence-corrected chi connectivity index (χ1v) is 4.93. The lowest BCUT2D eigenvalue weighted by atomic mass is 10.2. The first kappa shape index (κ1) is 11.3. The Hall–Kier alpha value is -0.810. The van der Waals surface area contributed by atoms with Gasteiger partial charge < -0.3 is 4.74 Å². The van der Waals surface area contributed by atoms with Crippen molar-refractivity contribution in [1.82, 2.24) is 10.1 Å². The summed E-state index contributed by atoms with van der Waals surface area (Å²) in [6.45, 7) is 7.12. The molecule has 0 aromatic heterocycles. The minimum Gasteiger partial charge on any atom is -0.442 e. The fourth-order valence-electron chi connectivity index (χ4n) is 1.34. The molecule has 2 N–H and O–H groups in total. The van der Waals surface area contributed by atoms with E-state index in [0.717, 1.165) is 31.0 Å². The summed E-state index contributed by atoms with van der Waals surface area (Å²) in [5, 5.41) is 2.88. The molecule has 0 aromatic carbocycles. The molecule has 1 rings (SSSR count). The van der Waals surface area contributed by atoms with Crippen LogP contribution in [0, 0.1) is 0 Å². The standard InChI is InChI=1S/C9H19N3O2/c1-9(2,3)14-8(13)12(10)11-6-4-5-7-11/h4-7,10H2,1-3H3. The van der Waals surface area contributed by atoms with E-state index in [4.69, 9.17) is 10.6 Å². The molecule has 1 aliphatic heterocycles. The highest BCUT2D eigenvalue weighted by Crippen LogP contribution is 2.13. The van der Waals surface area contributed by atoms with Crippen molar-refractivity contribution in [1.29, 1.82) is 0 Å². The summed E-state index contributed by atoms with van der Waals surface area (Å²) in [5.74, 6) is 5.61. The van der Waals surface area contributed by atoms with Gasteiger partial charge in [-0.1, -0.05) is 0 Å². The Morgan fingerprint density at radius 3 is 2.29 bits per heavy atom. The van der Waals surface area contributed by atoms with Crippen LogP contribution < -0.4 is 5.84 Å². The van der Waals surface area contributed by atoms with Crippen LogP contribution in [0.4, 0.5) is 4.79 Å². The minimum atomic E-state index is -0.492. The van der Waals surface area contributed by atoms with E-state index in [0.29, 0.717) is 0 Å². The summed E-state index contributed by atoms with van der Waals surface area (Å²) in [5.41, 5.74) is -0.492. The summed E-state index contributed by atoms with van der Waals surface area (Å²) in [6.07, 6.45) is 1.67. The van der Waals surface area contributed by atoms with Crippen molar-refractivity contribution in [2.75, 3.05) is 13.1 Å². The quantitative estimate of drug-likeness (QED) is 0.392. The van der Waals surface area contributed by atoms with Crippen LogP contribution in [-0.4, -0.2) is 34.9 Å². The van der Waals surface area contributed by atoms with Crippen molar-refractivity contribution >= 4 is 6.09 Å². The molecule has 0 aliphatic carbocycles. The summed E-state index contributed by atoms with van der Waals surface area (Å²) in [7, 11) is 0. The molecular weight excluding hydrogens is 182 g/mol. The molecule has 1 aliphatic rings. The van der Waals surface area contributed by atoms with Crippen molar-refractivity contribution in [2.45, 2.75) is 39.2 Å². The highest BCUT2D eigenvalue weighted by molar-refractivity contribution is 5.66. The topological polar surface area (TPSA) is 58.8 Å². The van der Waals surface area contributed by atoms with Gasteiger partial charge in [-0.2, -0.15) is 5.12 Å². The predicted molar refractivity (Wildman–Crippen MR) is 53.1 cm³/mol. The molecule has 1 heterocycles. The van der Waals surface area contributed by atoms with Gasteiger partial charge in [0.05, 0.1) is 0 Å². The molecule has 82 valence electrons. The monoisotopic (exact) mass is 201 g/mol. The average Bonchev–Trinajstić information content (AvgIpc) is 2.51. The third-order valence-electron chi connectivity index (χ3n) is 1.97. The summed E-state index contributed by atoms with van der Waals surface area (Å²) < 4.78 is 5.13. The third kappa shape index (κ3) is 3.16. The van der Waals surface area contributed by atoms with Gasteiger partial charge in [0, 0.05) is 13.1 Å². The van der Waals surface area contributed by atoms with Gasteiger partial charge >= 0.3 is 6.09 Å². The lowest BCUT2D eigenvalue weighted by molar-refractivity contribution is -0.0414. The van der Waals surface area contributed by atoms with E-state index < -0.39 is 11.7 Å². The first-order valence-electron chi connectivity index (χ1n) is 4.93. The predicted octanol–water partition coefficient (Wildman–Crippen LogP) is 1.11. The number of ether oxygens (including phenoxy) is 1. The number of hydrogen-bond donors (Lipinski definition) is 1. The van der Waals surface area contributed by atoms with Crippen molar-refractivity contribution < 1.29 is 9.53 Å². The van der Waals surface area contributed by atoms with Crippen LogP contribution in [0.3, 0.4) is 0 Å². The number of amides is 1. The number of nitrogens with two attached hydrogens (primary N) is 1. The molecule has 0 aromatic rings. The Balaban J connectivity index is 2.43. The number of nitrogens with zero attached hydrogens (tertiary/aromatic N) is 2. The molecule has 5 nitrogen and oxygen atoms in total. The van der Waals surface area contributed by atoms with Gasteiger partial charge in [-0.25, -0.2) is 15.6 Å². The zero-order valence-corrected chi connectivity index (χ0v) is 9.12. The second-order valence-electron chi connectivity index (χ2n) is 4.49. The van der Waals surface area contributed by atoms with Crippen molar-refractivity contribution in [3.8, 4) is 0 Å². The summed E-state index contributed by atoms with van der Waals surface area (Å²) in [4.78, 5) is 11.5. The van der Waals surface area contributed by atoms with E-state index in [1.165, 1.54) is 0 Å². The Labute approximate surface area is 84.7 Å². The normalized spacial score (nSPS) is 18.3. The second kappa shape index (κ2) is 4.14. The average molecular weight is 201 g/mol. The molecular formula is C9H19N3O2. The maximum atomic E-state index is 11.5. The van der Waals surface area contributed by atoms with Gasteiger partial charge in [0.15, 0.2) is 0 Å². The van der Waals surface area contributed by atoms with Gasteiger partial charge in [-0.3, -0.25) is 0 Å². The maximum Gasteiger partial charge on any atom is 0.439 e. The minimum absolute atomic E-state index is 0.487. The molecule has 0 saturated carbocycles. The van der Waals surface area contributed by atoms with Crippen molar-refractivity contribution in [2.24, 2.45) is 5.84 Å². The first-order chi connectivity index (χ1) is 6.40. The number of hydrogen-bond acceptors (Lipinski definition) is 4. The SMILES string of the molecule is CC(C)(C)OC(=O)N(N)N1CCCC1. The molecule has 1 amide bonds. The molecule has 0 bridgehead atoms. The van der Waals surface area contributed by atoms with E-state index >= 15 is 0 Å². The molecule has 0 atom stereocenters. The Kier molecular flexibility index (Phi) is 3.34. The Morgan fingerprint density at radius 1 is 1.36 bits per heavy atom. The molecule has 14 heavy (non-hydrogen) atoms. The molecule has 0 radical (unpaired) electrons. The van der Waals surface area contributed by atoms with Crippen LogP contribution in [0.15, 0.2) is 0 Å². The van der Waals surface area contributed by atoms with Crippen LogP contribution in [-0.2, 0) is 4.74 Å². The zero-order chi connectivity index (χ0) is 10.8. The smallest absolute Gasteiger partial charge is 0.439 e. The highest BCUT2D eigenvalue weighted by atomic mass is 16.6. The lowest BCUT2D eigenvalue weighted by Crippen LogP contribution is -2.51. The number of carbonyl (C=O) groups excluding carboxylic acids is 1. The second-order valence-corrected chi connectivity index (χ2v) is 4.49. The van der Waals surface area contributed by atoms with Gasteiger partial charge in [0.1, 0.15) is 5.60 Å². The molecule has 0 spiro atoms. The number of carbonyl (C=O) groups is 1. The largest absolute Gasteiger partial charge is 0.442 e. The van der Waals surface area contributed by atoms with Crippen LogP contribution >= 0.6 is 0 Å². The van der Waals surface area contributed by atoms with E-state index in [2.05, 4.69) is 0 Å². The lowest BCUT2D eigenvalue weighted by Gasteiger charge is -2.29. The highest BCUT2D eigenvalue weighted by Gasteiger charge is 2.26.